The summed E-state index contributed by atoms with van der Waals surface area (Å²) in [5, 5.41) is 23.1. The maximum atomic E-state index is 14.5. The minimum atomic E-state index is -1.35. The van der Waals surface area contributed by atoms with Gasteiger partial charge in [-0.25, -0.2) is 0 Å². The van der Waals surface area contributed by atoms with E-state index in [4.69, 9.17) is 0 Å². The number of rotatable bonds is 16. The Labute approximate surface area is 290 Å². The Morgan fingerprint density at radius 3 is 2.22 bits per heavy atom. The van der Waals surface area contributed by atoms with Crippen LogP contribution >= 0.6 is 0 Å². The smallest absolute Gasteiger partial charge is 0.289 e. The van der Waals surface area contributed by atoms with Gasteiger partial charge in [0.15, 0.2) is 6.35 Å². The monoisotopic (exact) mass is 686 g/mol. The second-order valence-corrected chi connectivity index (χ2v) is 15.8. The summed E-state index contributed by atoms with van der Waals surface area (Å²) in [5.41, 5.74) is -0.963. The molecule has 4 aliphatic rings. The van der Waals surface area contributed by atoms with Crippen molar-refractivity contribution in [3.05, 3.63) is 12.7 Å². The van der Waals surface area contributed by atoms with Gasteiger partial charge in [-0.05, 0) is 55.3 Å². The molecule has 2 saturated carbocycles. The molecule has 2 unspecified atom stereocenters. The molecular formula is C36H58N6O7. The van der Waals surface area contributed by atoms with Crippen molar-refractivity contribution in [2.24, 2.45) is 16.7 Å². The highest BCUT2D eigenvalue weighted by atomic mass is 16.3. The Morgan fingerprint density at radius 1 is 0.980 bits per heavy atom. The van der Waals surface area contributed by atoms with E-state index in [1.165, 1.54) is 11.0 Å². The first-order valence-corrected chi connectivity index (χ1v) is 18.2. The number of Topliss-reactive ketones (excluding diaryl/α,β-unsaturated/α-hetero) is 1. The SMILES string of the molecule is C=CCNC(=O)C(=O)C(CC1CC1)NC(=O)[C@@H]1CCCN1C(=O)[C@@H](NC(O)N[C@H](CN1C(=O)CCCC1=O)C(C)(C)C)C1(C)CCCCC1. The summed E-state index contributed by atoms with van der Waals surface area (Å²) in [6.45, 7) is 12.1. The van der Waals surface area contributed by atoms with Crippen LogP contribution in [0.4, 0.5) is 0 Å². The van der Waals surface area contributed by atoms with Crippen LogP contribution < -0.4 is 21.3 Å². The summed E-state index contributed by atoms with van der Waals surface area (Å²) in [6, 6.07) is -3.12. The van der Waals surface area contributed by atoms with Crippen molar-refractivity contribution in [1.29, 1.82) is 0 Å². The van der Waals surface area contributed by atoms with Crippen molar-refractivity contribution in [3.8, 4) is 0 Å². The van der Waals surface area contributed by atoms with Crippen LogP contribution in [-0.4, -0.2) is 100 Å². The lowest BCUT2D eigenvalue weighted by Crippen LogP contribution is -2.65. The van der Waals surface area contributed by atoms with Gasteiger partial charge in [0, 0.05) is 38.5 Å². The summed E-state index contributed by atoms with van der Waals surface area (Å²) in [5.74, 6) is -2.43. The van der Waals surface area contributed by atoms with Crippen LogP contribution in [0.15, 0.2) is 12.7 Å². The number of nitrogens with one attached hydrogen (secondary N) is 4. The third-order valence-electron chi connectivity index (χ3n) is 10.8. The molecule has 13 heteroatoms. The highest BCUT2D eigenvalue weighted by molar-refractivity contribution is 6.38. The first-order chi connectivity index (χ1) is 23.1. The van der Waals surface area contributed by atoms with E-state index in [1.54, 1.807) is 4.90 Å². The molecule has 0 aromatic heterocycles. The fourth-order valence-corrected chi connectivity index (χ4v) is 7.44. The molecule has 2 saturated heterocycles. The highest BCUT2D eigenvalue weighted by Gasteiger charge is 2.47. The lowest BCUT2D eigenvalue weighted by Gasteiger charge is -2.44. The number of aliphatic hydroxyl groups excluding tert-OH is 1. The number of ketones is 1. The van der Waals surface area contributed by atoms with Gasteiger partial charge in [-0.1, -0.05) is 65.9 Å². The molecule has 2 aliphatic carbocycles. The van der Waals surface area contributed by atoms with Crippen molar-refractivity contribution < 1.29 is 33.9 Å². The molecule has 4 rings (SSSR count). The number of hydrogen-bond donors (Lipinski definition) is 5. The molecule has 0 aromatic carbocycles. The predicted molar refractivity (Wildman–Crippen MR) is 183 cm³/mol. The zero-order valence-corrected chi connectivity index (χ0v) is 29.9. The predicted octanol–water partition coefficient (Wildman–Crippen LogP) is 1.88. The van der Waals surface area contributed by atoms with Gasteiger partial charge in [0.05, 0.1) is 12.1 Å². The van der Waals surface area contributed by atoms with E-state index in [0.29, 0.717) is 45.1 Å². The third kappa shape index (κ3) is 10.2. The normalized spacial score (nSPS) is 23.7. The van der Waals surface area contributed by atoms with Crippen molar-refractivity contribution >= 4 is 35.3 Å². The van der Waals surface area contributed by atoms with E-state index in [1.807, 2.05) is 27.7 Å². The average Bonchev–Trinajstić information content (AvgIpc) is 3.73. The molecule has 13 nitrogen and oxygen atoms in total. The number of carbonyl (C=O) groups excluding carboxylic acids is 6. The van der Waals surface area contributed by atoms with Crippen LogP contribution in [0.1, 0.15) is 111 Å². The molecule has 5 amide bonds. The van der Waals surface area contributed by atoms with Crippen molar-refractivity contribution in [3.63, 3.8) is 0 Å². The Morgan fingerprint density at radius 2 is 1.63 bits per heavy atom. The van der Waals surface area contributed by atoms with E-state index in [-0.39, 0.29) is 36.7 Å². The van der Waals surface area contributed by atoms with Crippen LogP contribution in [0, 0.1) is 16.7 Å². The van der Waals surface area contributed by atoms with E-state index in [9.17, 15) is 33.9 Å². The number of carbonyl (C=O) groups is 6. The van der Waals surface area contributed by atoms with Crippen LogP contribution in [0.3, 0.4) is 0 Å². The minimum absolute atomic E-state index is 0.0938. The fraction of sp³-hybridized carbons (Fsp3) is 0.778. The van der Waals surface area contributed by atoms with Gasteiger partial charge in [-0.3, -0.25) is 44.3 Å². The zero-order valence-electron chi connectivity index (χ0n) is 29.9. The molecule has 49 heavy (non-hydrogen) atoms. The molecule has 2 aliphatic heterocycles. The van der Waals surface area contributed by atoms with Gasteiger partial charge in [-0.15, -0.1) is 6.58 Å². The van der Waals surface area contributed by atoms with Crippen molar-refractivity contribution in [1.82, 2.24) is 31.1 Å². The molecule has 274 valence electrons. The highest BCUT2D eigenvalue weighted by Crippen LogP contribution is 2.40. The van der Waals surface area contributed by atoms with Crippen LogP contribution in [0.5, 0.6) is 0 Å². The van der Waals surface area contributed by atoms with Crippen LogP contribution in [0.2, 0.25) is 0 Å². The Balaban J connectivity index is 1.50. The number of piperidine rings is 1. The zero-order chi connectivity index (χ0) is 35.9. The molecule has 2 heterocycles. The summed E-state index contributed by atoms with van der Waals surface area (Å²) in [6.07, 6.45) is 8.94. The number of hydrogen-bond acceptors (Lipinski definition) is 9. The summed E-state index contributed by atoms with van der Waals surface area (Å²) in [4.78, 5) is 81.9. The molecule has 0 aromatic rings. The first-order valence-electron chi connectivity index (χ1n) is 18.2. The van der Waals surface area contributed by atoms with Crippen LogP contribution in [0.25, 0.3) is 0 Å². The van der Waals surface area contributed by atoms with Gasteiger partial charge in [0.2, 0.25) is 29.4 Å². The van der Waals surface area contributed by atoms with E-state index in [2.05, 4.69) is 27.8 Å². The second kappa shape index (κ2) is 16.7. The molecule has 5 atom stereocenters. The number of amides is 5. The van der Waals surface area contributed by atoms with Gasteiger partial charge in [0.25, 0.3) is 5.91 Å². The van der Waals surface area contributed by atoms with E-state index in [0.717, 1.165) is 44.9 Å². The topological polar surface area (TPSA) is 177 Å². The first kappa shape index (κ1) is 38.6. The standard InChI is InChI=1S/C36H58N6O7/c1-6-19-37-32(47)29(45)24(21-23-15-16-23)38-31(46)25-12-11-20-41(25)33(48)30(36(5)17-8-7-9-18-36)40-34(49)39-26(35(2,3)4)22-42-27(43)13-10-14-28(42)44/h6,23-26,30,34,39-40,49H,1,7-22H2,2-5H3,(H,37,47)(H,38,46)/t24?,25-,26+,30+,34?/m0/s1. The molecule has 0 radical (unpaired) electrons. The molecular weight excluding hydrogens is 628 g/mol. The number of imide groups is 1. The molecule has 0 bridgehead atoms. The van der Waals surface area contributed by atoms with Gasteiger partial charge >= 0.3 is 0 Å². The Kier molecular flexibility index (Phi) is 13.2. The third-order valence-corrected chi connectivity index (χ3v) is 10.8. The van der Waals surface area contributed by atoms with Crippen molar-refractivity contribution in [2.75, 3.05) is 19.6 Å². The summed E-state index contributed by atoms with van der Waals surface area (Å²) in [7, 11) is 0. The molecule has 0 spiro atoms. The van der Waals surface area contributed by atoms with Gasteiger partial charge in [-0.2, -0.15) is 0 Å². The summed E-state index contributed by atoms with van der Waals surface area (Å²) >= 11 is 0. The maximum Gasteiger partial charge on any atom is 0.289 e. The molecule has 4 fully saturated rings. The van der Waals surface area contributed by atoms with Gasteiger partial charge < -0.3 is 20.6 Å². The largest absolute Gasteiger partial charge is 0.365 e. The number of aliphatic hydroxyl groups is 1. The maximum absolute atomic E-state index is 14.5. The van der Waals surface area contributed by atoms with Gasteiger partial charge in [0.1, 0.15) is 6.04 Å². The van der Waals surface area contributed by atoms with Crippen LogP contribution in [-0.2, 0) is 28.8 Å². The fourth-order valence-electron chi connectivity index (χ4n) is 7.44. The van der Waals surface area contributed by atoms with E-state index < -0.39 is 58.9 Å². The molecule has 5 N–H and O–H groups in total. The lowest BCUT2D eigenvalue weighted by atomic mass is 9.70. The second-order valence-electron chi connectivity index (χ2n) is 15.8. The quantitative estimate of drug-likeness (QED) is 0.0702. The Bertz CT molecular complexity index is 1240. The number of likely N-dealkylation sites (tertiary alicyclic amines) is 2. The van der Waals surface area contributed by atoms with Crippen molar-refractivity contribution in [2.45, 2.75) is 142 Å². The van der Waals surface area contributed by atoms with E-state index >= 15 is 0 Å². The minimum Gasteiger partial charge on any atom is -0.365 e. The lowest BCUT2D eigenvalue weighted by molar-refractivity contribution is -0.149. The average molecular weight is 687 g/mol. The Hall–Kier alpha value is -3.16. The number of nitrogens with zero attached hydrogens (tertiary/aromatic N) is 2. The summed E-state index contributed by atoms with van der Waals surface area (Å²) < 4.78 is 0.